The Balaban J connectivity index is 1.64. The molecule has 4 N–H and O–H groups in total. The maximum atomic E-state index is 10.7. The van der Waals surface area contributed by atoms with Gasteiger partial charge in [-0.3, -0.25) is 0 Å². The Morgan fingerprint density at radius 1 is 1.15 bits per heavy atom. The van der Waals surface area contributed by atoms with Gasteiger partial charge in [0.2, 0.25) is 0 Å². The molecular formula is C27H33N5O2. The van der Waals surface area contributed by atoms with E-state index in [1.54, 1.807) is 7.11 Å². The lowest BCUT2D eigenvalue weighted by molar-refractivity contribution is 0.162. The molecule has 0 saturated carbocycles. The third kappa shape index (κ3) is 5.05. The van der Waals surface area contributed by atoms with Gasteiger partial charge in [0.25, 0.3) is 0 Å². The predicted octanol–water partition coefficient (Wildman–Crippen LogP) is 5.43. The summed E-state index contributed by atoms with van der Waals surface area (Å²) in [5.74, 6) is 1.20. The highest BCUT2D eigenvalue weighted by atomic mass is 16.5. The number of aliphatic hydroxyl groups excluding tert-OH is 1. The highest BCUT2D eigenvalue weighted by Gasteiger charge is 2.29. The van der Waals surface area contributed by atoms with Crippen LogP contribution in [0.4, 0.5) is 17.2 Å². The number of aromatic nitrogens is 2. The van der Waals surface area contributed by atoms with Gasteiger partial charge in [-0.1, -0.05) is 38.6 Å². The molecule has 0 aliphatic carbocycles. The van der Waals surface area contributed by atoms with Gasteiger partial charge in [0.1, 0.15) is 11.9 Å². The van der Waals surface area contributed by atoms with E-state index >= 15 is 0 Å². The normalized spacial score (nSPS) is 16.6. The second kappa shape index (κ2) is 10.7. The Labute approximate surface area is 201 Å². The molecule has 0 amide bonds. The number of para-hydroxylation sites is 1. The van der Waals surface area contributed by atoms with Gasteiger partial charge in [-0.25, -0.2) is 9.97 Å². The zero-order chi connectivity index (χ0) is 24.1. The fraction of sp³-hybridized carbons (Fsp3) is 0.333. The summed E-state index contributed by atoms with van der Waals surface area (Å²) < 4.78 is 5.35. The molecule has 4 rings (SSSR count). The molecular weight excluding hydrogens is 426 g/mol. The van der Waals surface area contributed by atoms with Crippen molar-refractivity contribution in [2.24, 2.45) is 0 Å². The van der Waals surface area contributed by atoms with Crippen LogP contribution in [0.3, 0.4) is 0 Å². The van der Waals surface area contributed by atoms with E-state index in [4.69, 9.17) is 14.7 Å². The molecule has 0 fully saturated rings. The van der Waals surface area contributed by atoms with Crippen molar-refractivity contribution in [3.8, 4) is 11.4 Å². The van der Waals surface area contributed by atoms with Crippen LogP contribution >= 0.6 is 0 Å². The number of benzene rings is 2. The summed E-state index contributed by atoms with van der Waals surface area (Å²) in [5.41, 5.74) is 6.19. The van der Waals surface area contributed by atoms with Crippen LogP contribution in [0.1, 0.15) is 49.6 Å². The van der Waals surface area contributed by atoms with E-state index in [2.05, 4.69) is 36.4 Å². The topological polar surface area (TPSA) is 91.3 Å². The summed E-state index contributed by atoms with van der Waals surface area (Å²) >= 11 is 0. The molecule has 2 atom stereocenters. The number of rotatable bonds is 10. The third-order valence-electron chi connectivity index (χ3n) is 5.96. The van der Waals surface area contributed by atoms with Gasteiger partial charge in [0.05, 0.1) is 18.3 Å². The standard InChI is InChI=1S/C27H33N5O2/c1-5-13-28-23-10-8-7-9-20(23)17(3)29-25-15-19(16-34-4)30-27(32-25)18-11-12-24-21(14-18)26(33)22(6-2)31-24/h7-12,14-15,22,26,28,31,33H,3,5-6,13,16H2,1-2,4H3,(H,29,30,32). The quantitative estimate of drug-likeness (QED) is 0.321. The van der Waals surface area contributed by atoms with Crippen LogP contribution in [-0.2, 0) is 11.3 Å². The Kier molecular flexibility index (Phi) is 7.45. The van der Waals surface area contributed by atoms with Crippen LogP contribution in [0.5, 0.6) is 0 Å². The number of aliphatic hydroxyl groups is 1. The Bertz CT molecular complexity index is 1160. The van der Waals surface area contributed by atoms with Gasteiger partial charge in [-0.15, -0.1) is 0 Å². The predicted molar refractivity (Wildman–Crippen MR) is 139 cm³/mol. The number of hydrogen-bond donors (Lipinski definition) is 4. The molecule has 7 heteroatoms. The minimum atomic E-state index is -0.549. The molecule has 178 valence electrons. The van der Waals surface area contributed by atoms with E-state index in [-0.39, 0.29) is 6.04 Å². The summed E-state index contributed by atoms with van der Waals surface area (Å²) in [4.78, 5) is 9.47. The van der Waals surface area contributed by atoms with Crippen LogP contribution in [0.2, 0.25) is 0 Å². The molecule has 0 radical (unpaired) electrons. The van der Waals surface area contributed by atoms with E-state index < -0.39 is 6.10 Å². The molecule has 0 spiro atoms. The molecule has 1 aliphatic heterocycles. The molecule has 0 bridgehead atoms. The molecule has 1 aromatic heterocycles. The van der Waals surface area contributed by atoms with Crippen LogP contribution in [0.15, 0.2) is 55.1 Å². The van der Waals surface area contributed by atoms with E-state index in [1.807, 2.05) is 48.5 Å². The van der Waals surface area contributed by atoms with Crippen molar-refractivity contribution >= 4 is 22.9 Å². The number of hydrogen-bond acceptors (Lipinski definition) is 7. The lowest BCUT2D eigenvalue weighted by atomic mass is 10.0. The van der Waals surface area contributed by atoms with E-state index in [9.17, 15) is 5.11 Å². The SMILES string of the molecule is C=C(Nc1cc(COC)nc(-c2ccc3c(c2)C(O)C(CC)N3)n1)c1ccccc1NCCC. The van der Waals surface area contributed by atoms with E-state index in [0.717, 1.165) is 58.8 Å². The Morgan fingerprint density at radius 2 is 1.97 bits per heavy atom. The Hall–Kier alpha value is -3.42. The van der Waals surface area contributed by atoms with Gasteiger partial charge < -0.3 is 25.8 Å². The minimum absolute atomic E-state index is 0.0212. The molecule has 2 unspecified atom stereocenters. The zero-order valence-corrected chi connectivity index (χ0v) is 20.1. The largest absolute Gasteiger partial charge is 0.386 e. The monoisotopic (exact) mass is 459 g/mol. The lowest BCUT2D eigenvalue weighted by Gasteiger charge is -2.16. The molecule has 2 heterocycles. The molecule has 0 saturated heterocycles. The summed E-state index contributed by atoms with van der Waals surface area (Å²) in [6.07, 6.45) is 1.33. The molecule has 7 nitrogen and oxygen atoms in total. The highest BCUT2D eigenvalue weighted by molar-refractivity contribution is 5.81. The maximum Gasteiger partial charge on any atom is 0.161 e. The first kappa shape index (κ1) is 23.7. The van der Waals surface area contributed by atoms with Crippen molar-refractivity contribution in [2.45, 2.75) is 45.4 Å². The number of nitrogens with one attached hydrogen (secondary N) is 3. The Morgan fingerprint density at radius 3 is 2.74 bits per heavy atom. The average Bonchev–Trinajstić information content (AvgIpc) is 3.18. The summed E-state index contributed by atoms with van der Waals surface area (Å²) in [7, 11) is 1.64. The van der Waals surface area contributed by atoms with Crippen molar-refractivity contribution in [1.29, 1.82) is 0 Å². The first-order valence-corrected chi connectivity index (χ1v) is 11.8. The fourth-order valence-corrected chi connectivity index (χ4v) is 4.19. The van der Waals surface area contributed by atoms with Crippen molar-refractivity contribution in [1.82, 2.24) is 9.97 Å². The van der Waals surface area contributed by atoms with Gasteiger partial charge in [0.15, 0.2) is 5.82 Å². The smallest absolute Gasteiger partial charge is 0.161 e. The van der Waals surface area contributed by atoms with Gasteiger partial charge >= 0.3 is 0 Å². The van der Waals surface area contributed by atoms with Crippen molar-refractivity contribution in [3.63, 3.8) is 0 Å². The van der Waals surface area contributed by atoms with Gasteiger partial charge in [-0.2, -0.15) is 0 Å². The average molecular weight is 460 g/mol. The molecule has 2 aromatic carbocycles. The number of nitrogens with zero attached hydrogens (tertiary/aromatic N) is 2. The van der Waals surface area contributed by atoms with Crippen LogP contribution in [0.25, 0.3) is 17.1 Å². The minimum Gasteiger partial charge on any atom is -0.386 e. The number of methoxy groups -OCH3 is 1. The van der Waals surface area contributed by atoms with Crippen LogP contribution in [0, 0.1) is 0 Å². The zero-order valence-electron chi connectivity index (χ0n) is 20.1. The van der Waals surface area contributed by atoms with Crippen LogP contribution in [-0.4, -0.2) is 34.8 Å². The number of fused-ring (bicyclic) bond motifs is 1. The van der Waals surface area contributed by atoms with Crippen LogP contribution < -0.4 is 16.0 Å². The lowest BCUT2D eigenvalue weighted by Crippen LogP contribution is -2.18. The summed E-state index contributed by atoms with van der Waals surface area (Å²) in [6, 6.07) is 15.9. The van der Waals surface area contributed by atoms with Crippen molar-refractivity contribution in [2.75, 3.05) is 29.6 Å². The van der Waals surface area contributed by atoms with Gasteiger partial charge in [0, 0.05) is 53.5 Å². The first-order chi connectivity index (χ1) is 16.5. The fourth-order valence-electron chi connectivity index (χ4n) is 4.19. The van der Waals surface area contributed by atoms with Crippen molar-refractivity contribution < 1.29 is 9.84 Å². The number of anilines is 3. The first-order valence-electron chi connectivity index (χ1n) is 11.8. The maximum absolute atomic E-state index is 10.7. The van der Waals surface area contributed by atoms with E-state index in [0.29, 0.717) is 18.2 Å². The number of ether oxygens (including phenoxy) is 1. The second-order valence-electron chi connectivity index (χ2n) is 8.48. The summed E-state index contributed by atoms with van der Waals surface area (Å²) in [5, 5.41) is 20.9. The van der Waals surface area contributed by atoms with E-state index in [1.165, 1.54) is 0 Å². The van der Waals surface area contributed by atoms with Crippen molar-refractivity contribution in [3.05, 3.63) is 71.9 Å². The third-order valence-corrected chi connectivity index (χ3v) is 5.96. The molecule has 1 aliphatic rings. The highest BCUT2D eigenvalue weighted by Crippen LogP contribution is 2.37. The second-order valence-corrected chi connectivity index (χ2v) is 8.48. The summed E-state index contributed by atoms with van der Waals surface area (Å²) in [6.45, 7) is 9.70. The molecule has 3 aromatic rings. The molecule has 34 heavy (non-hydrogen) atoms. The van der Waals surface area contributed by atoms with Gasteiger partial charge in [-0.05, 0) is 37.1 Å².